The summed E-state index contributed by atoms with van der Waals surface area (Å²) in [4.78, 5) is 21.9. The number of nitrogens with zero attached hydrogens (tertiary/aromatic N) is 4. The molecule has 1 saturated heterocycles. The zero-order valence-corrected chi connectivity index (χ0v) is 15.6. The molecule has 1 aliphatic rings. The van der Waals surface area contributed by atoms with Gasteiger partial charge in [-0.3, -0.25) is 9.69 Å². The lowest BCUT2D eigenvalue weighted by Crippen LogP contribution is -2.46. The molecule has 1 aromatic carbocycles. The predicted octanol–water partition coefficient (Wildman–Crippen LogP) is 2.90. The highest BCUT2D eigenvalue weighted by atomic mass is 16.1. The highest BCUT2D eigenvalue weighted by Crippen LogP contribution is 2.25. The maximum Gasteiger partial charge on any atom is 0.252 e. The summed E-state index contributed by atoms with van der Waals surface area (Å²) in [6.45, 7) is 8.48. The predicted molar refractivity (Wildman–Crippen MR) is 111 cm³/mol. The molecule has 0 atom stereocenters. The molecule has 0 amide bonds. The third-order valence-electron chi connectivity index (χ3n) is 5.26. The largest absolute Gasteiger partial charge is 0.367 e. The molecule has 0 spiro atoms. The van der Waals surface area contributed by atoms with E-state index >= 15 is 0 Å². The first-order valence-electron chi connectivity index (χ1n) is 9.30. The first-order valence-corrected chi connectivity index (χ1v) is 9.30. The molecular formula is C22H24N4O. The molecule has 0 aliphatic carbocycles. The number of fused-ring (bicyclic) bond motifs is 1. The average molecular weight is 360 g/mol. The number of anilines is 1. The summed E-state index contributed by atoms with van der Waals surface area (Å²) in [5.74, 6) is 0. The SMILES string of the molecule is C=Cc1ccc2c(n1)c(N1CCN(Cc3ccccc3)CC1)cc(=O)n2C. The standard InChI is InChI=1S/C22H24N4O/c1-3-18-9-10-19-22(23-18)20(15-21(27)24(19)2)26-13-11-25(12-14-26)16-17-7-5-4-6-8-17/h3-10,15H,1,11-14,16H2,2H3. The van der Waals surface area contributed by atoms with Crippen LogP contribution in [0.2, 0.25) is 0 Å². The molecule has 27 heavy (non-hydrogen) atoms. The molecule has 0 unspecified atom stereocenters. The number of aryl methyl sites for hydroxylation is 1. The van der Waals surface area contributed by atoms with E-state index in [2.05, 4.69) is 40.6 Å². The van der Waals surface area contributed by atoms with E-state index in [9.17, 15) is 4.79 Å². The van der Waals surface area contributed by atoms with Crippen LogP contribution in [0.25, 0.3) is 17.1 Å². The molecule has 5 nitrogen and oxygen atoms in total. The molecular weight excluding hydrogens is 336 g/mol. The molecule has 2 aromatic heterocycles. The second-order valence-corrected chi connectivity index (χ2v) is 6.98. The zero-order chi connectivity index (χ0) is 18.8. The van der Waals surface area contributed by atoms with Crippen LogP contribution < -0.4 is 10.5 Å². The van der Waals surface area contributed by atoms with Gasteiger partial charge in [-0.2, -0.15) is 0 Å². The van der Waals surface area contributed by atoms with Gasteiger partial charge in [-0.05, 0) is 23.8 Å². The number of hydrogen-bond donors (Lipinski definition) is 0. The lowest BCUT2D eigenvalue weighted by Gasteiger charge is -2.36. The molecule has 3 heterocycles. The molecule has 1 aliphatic heterocycles. The fraction of sp³-hybridized carbons (Fsp3) is 0.273. The van der Waals surface area contributed by atoms with Crippen LogP contribution in [0.15, 0.2) is 59.9 Å². The highest BCUT2D eigenvalue weighted by Gasteiger charge is 2.21. The topological polar surface area (TPSA) is 41.4 Å². The number of aromatic nitrogens is 2. The Balaban J connectivity index is 1.59. The van der Waals surface area contributed by atoms with Gasteiger partial charge in [-0.25, -0.2) is 4.98 Å². The number of piperazine rings is 1. The highest BCUT2D eigenvalue weighted by molar-refractivity contribution is 5.89. The van der Waals surface area contributed by atoms with E-state index in [0.717, 1.165) is 55.1 Å². The normalized spacial score (nSPS) is 15.2. The fourth-order valence-electron chi connectivity index (χ4n) is 3.67. The second kappa shape index (κ2) is 7.37. The van der Waals surface area contributed by atoms with Crippen LogP contribution in [-0.2, 0) is 13.6 Å². The molecule has 0 bridgehead atoms. The van der Waals surface area contributed by atoms with Crippen molar-refractivity contribution in [3.8, 4) is 0 Å². The summed E-state index contributed by atoms with van der Waals surface area (Å²) < 4.78 is 1.66. The first kappa shape index (κ1) is 17.5. The third kappa shape index (κ3) is 3.51. The van der Waals surface area contributed by atoms with Crippen molar-refractivity contribution in [3.05, 3.63) is 76.7 Å². The molecule has 4 rings (SSSR count). The Kier molecular flexibility index (Phi) is 4.77. The van der Waals surface area contributed by atoms with Crippen LogP contribution in [-0.4, -0.2) is 40.6 Å². The van der Waals surface area contributed by atoms with Crippen molar-refractivity contribution in [2.24, 2.45) is 7.05 Å². The number of benzene rings is 1. The Morgan fingerprint density at radius 2 is 1.81 bits per heavy atom. The van der Waals surface area contributed by atoms with E-state index in [0.29, 0.717) is 0 Å². The summed E-state index contributed by atoms with van der Waals surface area (Å²) in [6.07, 6.45) is 1.74. The van der Waals surface area contributed by atoms with E-state index in [4.69, 9.17) is 4.98 Å². The maximum atomic E-state index is 12.4. The zero-order valence-electron chi connectivity index (χ0n) is 15.6. The van der Waals surface area contributed by atoms with Crippen molar-refractivity contribution < 1.29 is 0 Å². The quantitative estimate of drug-likeness (QED) is 0.717. The number of pyridine rings is 2. The first-order chi connectivity index (χ1) is 13.2. The minimum atomic E-state index is -0.00244. The van der Waals surface area contributed by atoms with E-state index in [1.165, 1.54) is 5.56 Å². The molecule has 0 N–H and O–H groups in total. The number of rotatable bonds is 4. The van der Waals surface area contributed by atoms with Crippen molar-refractivity contribution in [1.82, 2.24) is 14.5 Å². The summed E-state index contributed by atoms with van der Waals surface area (Å²) in [6, 6.07) is 16.1. The fourth-order valence-corrected chi connectivity index (χ4v) is 3.67. The van der Waals surface area contributed by atoms with E-state index in [1.54, 1.807) is 23.8 Å². The van der Waals surface area contributed by atoms with Gasteiger partial charge in [0.05, 0.1) is 16.9 Å². The second-order valence-electron chi connectivity index (χ2n) is 6.98. The lowest BCUT2D eigenvalue weighted by molar-refractivity contribution is 0.250. The molecule has 3 aromatic rings. The Morgan fingerprint density at radius 1 is 1.07 bits per heavy atom. The van der Waals surface area contributed by atoms with Gasteiger partial charge in [0.15, 0.2) is 0 Å². The Hall–Kier alpha value is -2.92. The van der Waals surface area contributed by atoms with Gasteiger partial charge in [0.25, 0.3) is 5.56 Å². The maximum absolute atomic E-state index is 12.4. The van der Waals surface area contributed by atoms with Crippen molar-refractivity contribution in [2.45, 2.75) is 6.54 Å². The van der Waals surface area contributed by atoms with Gasteiger partial charge in [0.2, 0.25) is 0 Å². The smallest absolute Gasteiger partial charge is 0.252 e. The minimum Gasteiger partial charge on any atom is -0.367 e. The molecule has 1 fully saturated rings. The molecule has 138 valence electrons. The van der Waals surface area contributed by atoms with Gasteiger partial charge in [0.1, 0.15) is 5.52 Å². The summed E-state index contributed by atoms with van der Waals surface area (Å²) in [7, 11) is 1.79. The van der Waals surface area contributed by atoms with Gasteiger partial charge in [-0.15, -0.1) is 0 Å². The monoisotopic (exact) mass is 360 g/mol. The van der Waals surface area contributed by atoms with Crippen LogP contribution in [0, 0.1) is 0 Å². The third-order valence-corrected chi connectivity index (χ3v) is 5.26. The number of hydrogen-bond acceptors (Lipinski definition) is 4. The summed E-state index contributed by atoms with van der Waals surface area (Å²) in [5.41, 5.74) is 4.81. The molecule has 0 radical (unpaired) electrons. The van der Waals surface area contributed by atoms with E-state index in [1.807, 2.05) is 18.2 Å². The van der Waals surface area contributed by atoms with Crippen molar-refractivity contribution in [2.75, 3.05) is 31.1 Å². The van der Waals surface area contributed by atoms with Gasteiger partial charge in [0, 0.05) is 45.8 Å². The van der Waals surface area contributed by atoms with Gasteiger partial charge >= 0.3 is 0 Å². The van der Waals surface area contributed by atoms with Gasteiger partial charge in [-0.1, -0.05) is 36.9 Å². The Morgan fingerprint density at radius 3 is 2.52 bits per heavy atom. The van der Waals surface area contributed by atoms with Crippen LogP contribution >= 0.6 is 0 Å². The van der Waals surface area contributed by atoms with Crippen LogP contribution in [0.1, 0.15) is 11.3 Å². The van der Waals surface area contributed by atoms with Crippen molar-refractivity contribution in [1.29, 1.82) is 0 Å². The van der Waals surface area contributed by atoms with Crippen molar-refractivity contribution in [3.63, 3.8) is 0 Å². The van der Waals surface area contributed by atoms with E-state index in [-0.39, 0.29) is 5.56 Å². The summed E-state index contributed by atoms with van der Waals surface area (Å²) >= 11 is 0. The lowest BCUT2D eigenvalue weighted by atomic mass is 10.1. The Bertz CT molecular complexity index is 1020. The van der Waals surface area contributed by atoms with E-state index < -0.39 is 0 Å². The van der Waals surface area contributed by atoms with Crippen LogP contribution in [0.3, 0.4) is 0 Å². The summed E-state index contributed by atoms with van der Waals surface area (Å²) in [5, 5.41) is 0. The van der Waals surface area contributed by atoms with Crippen LogP contribution in [0.4, 0.5) is 5.69 Å². The van der Waals surface area contributed by atoms with Crippen LogP contribution in [0.5, 0.6) is 0 Å². The Labute approximate surface area is 159 Å². The van der Waals surface area contributed by atoms with Gasteiger partial charge < -0.3 is 9.47 Å². The minimum absolute atomic E-state index is 0.00244. The average Bonchev–Trinajstić information content (AvgIpc) is 2.72. The molecule has 5 heteroatoms. The molecule has 0 saturated carbocycles. The van der Waals surface area contributed by atoms with Crippen molar-refractivity contribution >= 4 is 22.8 Å².